The van der Waals surface area contributed by atoms with Gasteiger partial charge in [0.2, 0.25) is 5.91 Å². The molecule has 0 bridgehead atoms. The number of hydrogen-bond donors (Lipinski definition) is 1. The van der Waals surface area contributed by atoms with Gasteiger partial charge in [0, 0.05) is 5.75 Å². The first-order valence-electron chi connectivity index (χ1n) is 9.01. The third-order valence-corrected chi connectivity index (χ3v) is 5.57. The summed E-state index contributed by atoms with van der Waals surface area (Å²) in [6, 6.07) is 16.5. The summed E-state index contributed by atoms with van der Waals surface area (Å²) in [7, 11) is 0. The van der Waals surface area contributed by atoms with Crippen LogP contribution in [0.5, 0.6) is 0 Å². The number of rotatable bonds is 6. The Balaban J connectivity index is 1.64. The van der Waals surface area contributed by atoms with Gasteiger partial charge in [-0.05, 0) is 51.0 Å². The molecule has 1 amide bonds. The Morgan fingerprint density at radius 2 is 1.74 bits per heavy atom. The highest BCUT2D eigenvalue weighted by Gasteiger charge is 2.15. The number of amides is 1. The molecule has 3 rings (SSSR count). The van der Waals surface area contributed by atoms with Crippen LogP contribution in [0.3, 0.4) is 0 Å². The summed E-state index contributed by atoms with van der Waals surface area (Å²) in [5, 5.41) is 7.64. The summed E-state index contributed by atoms with van der Waals surface area (Å²) in [4.78, 5) is 12.4. The molecule has 0 aliphatic rings. The fourth-order valence-corrected chi connectivity index (χ4v) is 3.87. The van der Waals surface area contributed by atoms with E-state index in [1.807, 2.05) is 42.8 Å². The van der Waals surface area contributed by atoms with Gasteiger partial charge in [0.1, 0.15) is 0 Å². The molecular formula is C22H25N3OS. The van der Waals surface area contributed by atoms with Crippen molar-refractivity contribution in [3.63, 3.8) is 0 Å². The predicted molar refractivity (Wildman–Crippen MR) is 114 cm³/mol. The average Bonchev–Trinajstić information content (AvgIpc) is 2.92. The molecule has 0 fully saturated rings. The normalized spacial score (nSPS) is 10.8. The topological polar surface area (TPSA) is 46.9 Å². The number of carbonyl (C=O) groups is 1. The van der Waals surface area contributed by atoms with Gasteiger partial charge in [0.15, 0.2) is 0 Å². The number of anilines is 1. The SMILES string of the molecule is Cc1ccc(-n2nc(C)c(NC(=O)CSCc3ccccc3C)c2C)cc1. The van der Waals surface area contributed by atoms with Gasteiger partial charge >= 0.3 is 0 Å². The van der Waals surface area contributed by atoms with E-state index < -0.39 is 0 Å². The van der Waals surface area contributed by atoms with E-state index in [1.165, 1.54) is 16.7 Å². The van der Waals surface area contributed by atoms with Crippen molar-refractivity contribution in [2.24, 2.45) is 0 Å². The maximum atomic E-state index is 12.4. The molecule has 0 unspecified atom stereocenters. The first kappa shape index (κ1) is 19.2. The molecule has 1 N–H and O–H groups in total. The van der Waals surface area contributed by atoms with E-state index in [9.17, 15) is 4.79 Å². The summed E-state index contributed by atoms with van der Waals surface area (Å²) in [5.74, 6) is 1.26. The van der Waals surface area contributed by atoms with Gasteiger partial charge in [-0.3, -0.25) is 4.79 Å². The number of nitrogens with zero attached hydrogens (tertiary/aromatic N) is 2. The molecule has 0 spiro atoms. The second-order valence-electron chi connectivity index (χ2n) is 6.76. The quantitative estimate of drug-likeness (QED) is 0.657. The van der Waals surface area contributed by atoms with E-state index in [1.54, 1.807) is 11.8 Å². The molecule has 0 aliphatic heterocycles. The summed E-state index contributed by atoms with van der Waals surface area (Å²) < 4.78 is 1.88. The highest BCUT2D eigenvalue weighted by Crippen LogP contribution is 2.24. The molecule has 1 heterocycles. The van der Waals surface area contributed by atoms with Crippen LogP contribution in [0.4, 0.5) is 5.69 Å². The Morgan fingerprint density at radius 1 is 1.04 bits per heavy atom. The molecule has 5 heteroatoms. The van der Waals surface area contributed by atoms with Crippen molar-refractivity contribution in [3.05, 3.63) is 76.6 Å². The van der Waals surface area contributed by atoms with Crippen molar-refractivity contribution >= 4 is 23.4 Å². The standard InChI is InChI=1S/C22H25N3OS/c1-15-9-11-20(12-10-15)25-18(4)22(17(3)24-25)23-21(26)14-27-13-19-8-6-5-7-16(19)2/h5-12H,13-14H2,1-4H3,(H,23,26). The largest absolute Gasteiger partial charge is 0.322 e. The van der Waals surface area contributed by atoms with Crippen molar-refractivity contribution in [1.82, 2.24) is 9.78 Å². The molecule has 0 radical (unpaired) electrons. The number of nitrogens with one attached hydrogen (secondary N) is 1. The number of aryl methyl sites for hydroxylation is 3. The van der Waals surface area contributed by atoms with Crippen LogP contribution in [0, 0.1) is 27.7 Å². The Hall–Kier alpha value is -2.53. The van der Waals surface area contributed by atoms with Crippen molar-refractivity contribution in [3.8, 4) is 5.69 Å². The minimum atomic E-state index is 0.00300. The molecule has 0 saturated heterocycles. The Labute approximate surface area is 165 Å². The average molecular weight is 380 g/mol. The molecule has 0 atom stereocenters. The third kappa shape index (κ3) is 4.61. The number of benzene rings is 2. The van der Waals surface area contributed by atoms with E-state index >= 15 is 0 Å². The Bertz CT molecular complexity index is 945. The maximum absolute atomic E-state index is 12.4. The summed E-state index contributed by atoms with van der Waals surface area (Å²) in [5.41, 5.74) is 7.30. The van der Waals surface area contributed by atoms with Crippen molar-refractivity contribution in [1.29, 1.82) is 0 Å². The van der Waals surface area contributed by atoms with Crippen LogP contribution in [0.2, 0.25) is 0 Å². The number of aromatic nitrogens is 2. The zero-order valence-corrected chi connectivity index (χ0v) is 17.1. The van der Waals surface area contributed by atoms with Gasteiger partial charge in [0.25, 0.3) is 0 Å². The highest BCUT2D eigenvalue weighted by molar-refractivity contribution is 7.99. The van der Waals surface area contributed by atoms with Gasteiger partial charge in [-0.2, -0.15) is 5.10 Å². The van der Waals surface area contributed by atoms with Crippen LogP contribution in [0.25, 0.3) is 5.69 Å². The van der Waals surface area contributed by atoms with Crippen LogP contribution in [0.15, 0.2) is 48.5 Å². The second-order valence-corrected chi connectivity index (χ2v) is 7.75. The lowest BCUT2D eigenvalue weighted by atomic mass is 10.1. The minimum Gasteiger partial charge on any atom is -0.322 e. The van der Waals surface area contributed by atoms with Gasteiger partial charge < -0.3 is 5.32 Å². The lowest BCUT2D eigenvalue weighted by Crippen LogP contribution is -2.15. The number of hydrogen-bond acceptors (Lipinski definition) is 3. The number of carbonyl (C=O) groups excluding carboxylic acids is 1. The van der Waals surface area contributed by atoms with Crippen LogP contribution >= 0.6 is 11.8 Å². The summed E-state index contributed by atoms with van der Waals surface area (Å²) in [6.07, 6.45) is 0. The smallest absolute Gasteiger partial charge is 0.234 e. The first-order valence-corrected chi connectivity index (χ1v) is 10.2. The fourth-order valence-electron chi connectivity index (χ4n) is 2.96. The van der Waals surface area contributed by atoms with Crippen molar-refractivity contribution < 1.29 is 4.79 Å². The zero-order valence-electron chi connectivity index (χ0n) is 16.2. The lowest BCUT2D eigenvalue weighted by Gasteiger charge is -2.08. The predicted octanol–water partition coefficient (Wildman–Crippen LogP) is 4.98. The third-order valence-electron chi connectivity index (χ3n) is 4.59. The number of thioether (sulfide) groups is 1. The van der Waals surface area contributed by atoms with Crippen LogP contribution in [-0.2, 0) is 10.5 Å². The van der Waals surface area contributed by atoms with Crippen LogP contribution in [-0.4, -0.2) is 21.4 Å². The van der Waals surface area contributed by atoms with Crippen LogP contribution < -0.4 is 5.32 Å². The van der Waals surface area contributed by atoms with Crippen LogP contribution in [0.1, 0.15) is 28.1 Å². The zero-order chi connectivity index (χ0) is 19.4. The van der Waals surface area contributed by atoms with Gasteiger partial charge in [-0.1, -0.05) is 42.0 Å². The summed E-state index contributed by atoms with van der Waals surface area (Å²) >= 11 is 1.63. The molecule has 3 aromatic rings. The van der Waals surface area contributed by atoms with Crippen molar-refractivity contribution in [2.45, 2.75) is 33.4 Å². The molecule has 2 aromatic carbocycles. The van der Waals surface area contributed by atoms with Crippen molar-refractivity contribution in [2.75, 3.05) is 11.1 Å². The van der Waals surface area contributed by atoms with Gasteiger partial charge in [-0.25, -0.2) is 4.68 Å². The molecule has 0 saturated carbocycles. The van der Waals surface area contributed by atoms with E-state index in [2.05, 4.69) is 48.5 Å². The molecule has 4 nitrogen and oxygen atoms in total. The maximum Gasteiger partial charge on any atom is 0.234 e. The van der Waals surface area contributed by atoms with E-state index in [4.69, 9.17) is 0 Å². The highest BCUT2D eigenvalue weighted by atomic mass is 32.2. The molecule has 27 heavy (non-hydrogen) atoms. The van der Waals surface area contributed by atoms with E-state index in [0.29, 0.717) is 5.75 Å². The lowest BCUT2D eigenvalue weighted by molar-refractivity contribution is -0.113. The van der Waals surface area contributed by atoms with E-state index in [-0.39, 0.29) is 5.91 Å². The molecule has 1 aromatic heterocycles. The molecule has 0 aliphatic carbocycles. The molecule has 140 valence electrons. The Morgan fingerprint density at radius 3 is 2.44 bits per heavy atom. The fraction of sp³-hybridized carbons (Fsp3) is 0.273. The monoisotopic (exact) mass is 379 g/mol. The van der Waals surface area contributed by atoms with Gasteiger partial charge in [0.05, 0.1) is 28.5 Å². The first-order chi connectivity index (χ1) is 13.0. The Kier molecular flexibility index (Phi) is 6.01. The van der Waals surface area contributed by atoms with Gasteiger partial charge in [-0.15, -0.1) is 11.8 Å². The molecular weight excluding hydrogens is 354 g/mol. The summed E-state index contributed by atoms with van der Waals surface area (Å²) in [6.45, 7) is 8.07. The van der Waals surface area contributed by atoms with E-state index in [0.717, 1.165) is 28.5 Å². The minimum absolute atomic E-state index is 0.00300. The second kappa shape index (κ2) is 8.44.